The third-order valence-electron chi connectivity index (χ3n) is 3.06. The molecule has 0 fully saturated rings. The maximum Gasteiger partial charge on any atom is 0.251 e. The molecule has 0 spiro atoms. The molecule has 0 aliphatic rings. The number of benzene rings is 1. The van der Waals surface area contributed by atoms with E-state index in [1.165, 1.54) is 0 Å². The third kappa shape index (κ3) is 4.39. The van der Waals surface area contributed by atoms with Gasteiger partial charge in [0, 0.05) is 12.1 Å². The molecular weight excluding hydrogens is 268 g/mol. The summed E-state index contributed by atoms with van der Waals surface area (Å²) >= 11 is 0. The summed E-state index contributed by atoms with van der Waals surface area (Å²) in [6.07, 6.45) is 3.49. The molecule has 1 heterocycles. The number of aromatic nitrogens is 3. The summed E-state index contributed by atoms with van der Waals surface area (Å²) in [4.78, 5) is 12.0. The maximum atomic E-state index is 12.0. The highest BCUT2D eigenvalue weighted by atomic mass is 16.3. The Hall–Kier alpha value is -2.21. The first-order valence-corrected chi connectivity index (χ1v) is 6.99. The Morgan fingerprint density at radius 2 is 2.05 bits per heavy atom. The van der Waals surface area contributed by atoms with Crippen LogP contribution in [0.4, 0.5) is 0 Å². The van der Waals surface area contributed by atoms with Crippen LogP contribution in [0.25, 0.3) is 5.69 Å². The highest BCUT2D eigenvalue weighted by Gasteiger charge is 2.10. The Morgan fingerprint density at radius 1 is 1.33 bits per heavy atom. The van der Waals surface area contributed by atoms with Crippen LogP contribution in [0.1, 0.15) is 30.6 Å². The van der Waals surface area contributed by atoms with Gasteiger partial charge in [0.25, 0.3) is 5.91 Å². The van der Waals surface area contributed by atoms with Crippen LogP contribution in [0.3, 0.4) is 0 Å². The molecule has 0 bridgehead atoms. The number of carbonyl (C=O) groups is 1. The summed E-state index contributed by atoms with van der Waals surface area (Å²) in [5.74, 6) is 0.210. The van der Waals surface area contributed by atoms with Crippen molar-refractivity contribution in [3.05, 3.63) is 42.2 Å². The van der Waals surface area contributed by atoms with E-state index in [1.807, 2.05) is 13.8 Å². The van der Waals surface area contributed by atoms with E-state index >= 15 is 0 Å². The molecule has 1 aromatic heterocycles. The molecule has 1 aromatic carbocycles. The van der Waals surface area contributed by atoms with Crippen molar-refractivity contribution in [3.8, 4) is 5.69 Å². The Balaban J connectivity index is 1.91. The fourth-order valence-electron chi connectivity index (χ4n) is 2.05. The van der Waals surface area contributed by atoms with Gasteiger partial charge in [0.15, 0.2) is 0 Å². The summed E-state index contributed by atoms with van der Waals surface area (Å²) in [6, 6.07) is 7.05. The SMILES string of the molecule is CC(C)CC(O)CNC(=O)c1ccc(-n2ccnn2)cc1. The van der Waals surface area contributed by atoms with Crippen molar-refractivity contribution < 1.29 is 9.90 Å². The van der Waals surface area contributed by atoms with E-state index < -0.39 is 6.10 Å². The molecule has 0 saturated carbocycles. The second-order valence-corrected chi connectivity index (χ2v) is 5.39. The summed E-state index contributed by atoms with van der Waals surface area (Å²) in [7, 11) is 0. The molecule has 2 aromatic rings. The molecule has 1 atom stereocenters. The molecule has 0 aliphatic carbocycles. The number of hydrogen-bond acceptors (Lipinski definition) is 4. The van der Waals surface area contributed by atoms with Crippen LogP contribution in [-0.4, -0.2) is 38.7 Å². The lowest BCUT2D eigenvalue weighted by atomic mass is 10.1. The number of amides is 1. The first kappa shape index (κ1) is 15.2. The van der Waals surface area contributed by atoms with E-state index in [1.54, 1.807) is 41.3 Å². The van der Waals surface area contributed by atoms with E-state index in [9.17, 15) is 9.90 Å². The second kappa shape index (κ2) is 6.99. The fourth-order valence-corrected chi connectivity index (χ4v) is 2.05. The predicted molar refractivity (Wildman–Crippen MR) is 79.2 cm³/mol. The van der Waals surface area contributed by atoms with Crippen LogP contribution in [0.2, 0.25) is 0 Å². The lowest BCUT2D eigenvalue weighted by Gasteiger charge is -2.14. The van der Waals surface area contributed by atoms with Gasteiger partial charge in [-0.1, -0.05) is 19.1 Å². The topological polar surface area (TPSA) is 80.0 Å². The van der Waals surface area contributed by atoms with Crippen LogP contribution >= 0.6 is 0 Å². The Morgan fingerprint density at radius 3 is 2.62 bits per heavy atom. The van der Waals surface area contributed by atoms with Gasteiger partial charge in [-0.2, -0.15) is 0 Å². The van der Waals surface area contributed by atoms with Crippen LogP contribution in [0.5, 0.6) is 0 Å². The summed E-state index contributed by atoms with van der Waals surface area (Å²) in [5.41, 5.74) is 1.39. The predicted octanol–water partition coefficient (Wildman–Crippen LogP) is 1.40. The molecule has 0 saturated heterocycles. The number of aliphatic hydroxyl groups is 1. The Kier molecular flexibility index (Phi) is 5.05. The molecular formula is C15H20N4O2. The van der Waals surface area contributed by atoms with Crippen molar-refractivity contribution in [1.29, 1.82) is 0 Å². The standard InChI is InChI=1S/C15H20N4O2/c1-11(2)9-14(20)10-16-15(21)12-3-5-13(6-4-12)19-8-7-17-18-19/h3-8,11,14,20H,9-10H2,1-2H3,(H,16,21). The van der Waals surface area contributed by atoms with Gasteiger partial charge in [0.1, 0.15) is 0 Å². The number of nitrogens with zero attached hydrogens (tertiary/aromatic N) is 3. The van der Waals surface area contributed by atoms with Crippen molar-refractivity contribution in [2.24, 2.45) is 5.92 Å². The van der Waals surface area contributed by atoms with Crippen molar-refractivity contribution in [1.82, 2.24) is 20.3 Å². The third-order valence-corrected chi connectivity index (χ3v) is 3.06. The van der Waals surface area contributed by atoms with Crippen molar-refractivity contribution in [3.63, 3.8) is 0 Å². The zero-order valence-electron chi connectivity index (χ0n) is 12.2. The molecule has 2 N–H and O–H groups in total. The largest absolute Gasteiger partial charge is 0.391 e. The van der Waals surface area contributed by atoms with Crippen LogP contribution in [0.15, 0.2) is 36.7 Å². The molecule has 0 aliphatic heterocycles. The van der Waals surface area contributed by atoms with Gasteiger partial charge in [-0.05, 0) is 36.6 Å². The van der Waals surface area contributed by atoms with Gasteiger partial charge in [0.2, 0.25) is 0 Å². The van der Waals surface area contributed by atoms with Crippen LogP contribution in [-0.2, 0) is 0 Å². The molecule has 112 valence electrons. The van der Waals surface area contributed by atoms with Crippen LogP contribution in [0, 0.1) is 5.92 Å². The molecule has 6 nitrogen and oxygen atoms in total. The van der Waals surface area contributed by atoms with Gasteiger partial charge >= 0.3 is 0 Å². The number of aliphatic hydroxyl groups excluding tert-OH is 1. The average molecular weight is 288 g/mol. The minimum atomic E-state index is -0.511. The zero-order valence-corrected chi connectivity index (χ0v) is 12.2. The van der Waals surface area contributed by atoms with Crippen LogP contribution < -0.4 is 5.32 Å². The molecule has 21 heavy (non-hydrogen) atoms. The van der Waals surface area contributed by atoms with Crippen molar-refractivity contribution in [2.75, 3.05) is 6.54 Å². The van der Waals surface area contributed by atoms with Gasteiger partial charge in [-0.3, -0.25) is 4.79 Å². The Bertz CT molecular complexity index is 564. The summed E-state index contributed by atoms with van der Waals surface area (Å²) < 4.78 is 1.62. The molecule has 1 amide bonds. The highest BCUT2D eigenvalue weighted by molar-refractivity contribution is 5.94. The van der Waals surface area contributed by atoms with E-state index in [-0.39, 0.29) is 12.5 Å². The Labute approximate surface area is 123 Å². The quantitative estimate of drug-likeness (QED) is 0.842. The lowest BCUT2D eigenvalue weighted by molar-refractivity contribution is 0.0900. The molecule has 0 radical (unpaired) electrons. The van der Waals surface area contributed by atoms with Gasteiger partial charge in [0.05, 0.1) is 24.2 Å². The zero-order chi connectivity index (χ0) is 15.2. The smallest absolute Gasteiger partial charge is 0.251 e. The minimum absolute atomic E-state index is 0.192. The summed E-state index contributed by atoms with van der Waals surface area (Å²) in [5, 5.41) is 20.1. The van der Waals surface area contributed by atoms with Gasteiger partial charge in [-0.25, -0.2) is 4.68 Å². The minimum Gasteiger partial charge on any atom is -0.391 e. The fraction of sp³-hybridized carbons (Fsp3) is 0.400. The van der Waals surface area contributed by atoms with Gasteiger partial charge < -0.3 is 10.4 Å². The van der Waals surface area contributed by atoms with Gasteiger partial charge in [-0.15, -0.1) is 5.10 Å². The highest BCUT2D eigenvalue weighted by Crippen LogP contribution is 2.08. The first-order chi connectivity index (χ1) is 10.1. The molecule has 6 heteroatoms. The number of hydrogen-bond donors (Lipinski definition) is 2. The van der Waals surface area contributed by atoms with Crippen molar-refractivity contribution >= 4 is 5.91 Å². The maximum absolute atomic E-state index is 12.0. The average Bonchev–Trinajstić information content (AvgIpc) is 2.98. The molecule has 2 rings (SSSR count). The first-order valence-electron chi connectivity index (χ1n) is 6.99. The summed E-state index contributed by atoms with van der Waals surface area (Å²) in [6.45, 7) is 4.34. The monoisotopic (exact) mass is 288 g/mol. The van der Waals surface area contributed by atoms with E-state index in [4.69, 9.17) is 0 Å². The van der Waals surface area contributed by atoms with E-state index in [0.29, 0.717) is 17.9 Å². The molecule has 1 unspecified atom stereocenters. The number of rotatable bonds is 6. The number of carbonyl (C=O) groups excluding carboxylic acids is 1. The van der Waals surface area contributed by atoms with E-state index in [2.05, 4.69) is 15.6 Å². The van der Waals surface area contributed by atoms with E-state index in [0.717, 1.165) is 5.69 Å². The number of nitrogens with one attached hydrogen (secondary N) is 1. The lowest BCUT2D eigenvalue weighted by Crippen LogP contribution is -2.32. The van der Waals surface area contributed by atoms with Crippen molar-refractivity contribution in [2.45, 2.75) is 26.4 Å². The normalized spacial score (nSPS) is 12.4. The second-order valence-electron chi connectivity index (χ2n) is 5.39.